The summed E-state index contributed by atoms with van der Waals surface area (Å²) in [4.78, 5) is 9.21. The van der Waals surface area contributed by atoms with Crippen molar-refractivity contribution in [1.82, 2.24) is 10.6 Å². The number of aliphatic imine (C=N–C) groups is 1. The van der Waals surface area contributed by atoms with Crippen molar-refractivity contribution in [2.24, 2.45) is 4.99 Å². The van der Waals surface area contributed by atoms with Crippen molar-refractivity contribution >= 4 is 29.1 Å². The van der Waals surface area contributed by atoms with Gasteiger partial charge in [0.15, 0.2) is 5.96 Å². The standard InChI is InChI=1S/C18H22N4S/c1-19-18(20-2)21-12-7-13-22-14-8-3-5-10-16(14)23-17-11-6-4-9-15(17)22/h3-6,8-11H,7,12-13H2,1-2H3,(H2,19,20,21). The van der Waals surface area contributed by atoms with Crippen LogP contribution in [-0.2, 0) is 0 Å². The second-order valence-corrected chi connectivity index (χ2v) is 6.38. The number of guanidine groups is 1. The largest absolute Gasteiger partial charge is 0.359 e. The number of anilines is 2. The molecule has 0 aliphatic carbocycles. The van der Waals surface area contributed by atoms with Gasteiger partial charge in [0.2, 0.25) is 0 Å². The zero-order valence-corrected chi connectivity index (χ0v) is 14.4. The SMILES string of the molecule is CN=C(NC)NCCCN1c2ccccc2Sc2ccccc21. The molecule has 1 aliphatic heterocycles. The Hall–Kier alpha value is -2.14. The van der Waals surface area contributed by atoms with Crippen molar-refractivity contribution < 1.29 is 0 Å². The number of benzene rings is 2. The van der Waals surface area contributed by atoms with Crippen LogP contribution in [0.2, 0.25) is 0 Å². The molecule has 0 aromatic heterocycles. The highest BCUT2D eigenvalue weighted by Gasteiger charge is 2.22. The van der Waals surface area contributed by atoms with E-state index >= 15 is 0 Å². The number of hydrogen-bond donors (Lipinski definition) is 2. The minimum Gasteiger partial charge on any atom is -0.359 e. The van der Waals surface area contributed by atoms with Gasteiger partial charge in [-0.15, -0.1) is 0 Å². The van der Waals surface area contributed by atoms with E-state index in [-0.39, 0.29) is 0 Å². The van der Waals surface area contributed by atoms with Crippen LogP contribution in [0.1, 0.15) is 6.42 Å². The summed E-state index contributed by atoms with van der Waals surface area (Å²) in [5, 5.41) is 6.36. The summed E-state index contributed by atoms with van der Waals surface area (Å²) in [7, 11) is 3.66. The topological polar surface area (TPSA) is 39.7 Å². The summed E-state index contributed by atoms with van der Waals surface area (Å²) in [6, 6.07) is 17.3. The molecule has 5 heteroatoms. The van der Waals surface area contributed by atoms with Crippen molar-refractivity contribution in [2.45, 2.75) is 16.2 Å². The van der Waals surface area contributed by atoms with Crippen LogP contribution in [0.5, 0.6) is 0 Å². The third-order valence-corrected chi connectivity index (χ3v) is 4.97. The maximum absolute atomic E-state index is 4.14. The van der Waals surface area contributed by atoms with Crippen LogP contribution in [-0.4, -0.2) is 33.1 Å². The van der Waals surface area contributed by atoms with Gasteiger partial charge in [-0.25, -0.2) is 0 Å². The molecule has 120 valence electrons. The molecule has 0 spiro atoms. The second-order valence-electron chi connectivity index (χ2n) is 5.29. The molecule has 0 radical (unpaired) electrons. The molecule has 0 fully saturated rings. The third kappa shape index (κ3) is 3.45. The van der Waals surface area contributed by atoms with E-state index in [4.69, 9.17) is 0 Å². The van der Waals surface area contributed by atoms with Crippen molar-refractivity contribution in [3.8, 4) is 0 Å². The zero-order chi connectivity index (χ0) is 16.1. The van der Waals surface area contributed by atoms with Crippen LogP contribution in [0.4, 0.5) is 11.4 Å². The lowest BCUT2D eigenvalue weighted by Crippen LogP contribution is -2.36. The van der Waals surface area contributed by atoms with Gasteiger partial charge in [-0.1, -0.05) is 36.0 Å². The third-order valence-electron chi connectivity index (χ3n) is 3.84. The van der Waals surface area contributed by atoms with Crippen LogP contribution >= 0.6 is 11.8 Å². The van der Waals surface area contributed by atoms with E-state index in [0.29, 0.717) is 0 Å². The zero-order valence-electron chi connectivity index (χ0n) is 13.5. The number of nitrogens with one attached hydrogen (secondary N) is 2. The van der Waals surface area contributed by atoms with Gasteiger partial charge in [-0.05, 0) is 30.7 Å². The molecule has 3 rings (SSSR count). The predicted molar refractivity (Wildman–Crippen MR) is 99.1 cm³/mol. The van der Waals surface area contributed by atoms with Crippen molar-refractivity contribution in [3.05, 3.63) is 48.5 Å². The molecule has 0 saturated heterocycles. The van der Waals surface area contributed by atoms with Gasteiger partial charge in [-0.3, -0.25) is 4.99 Å². The fourth-order valence-electron chi connectivity index (χ4n) is 2.75. The van der Waals surface area contributed by atoms with E-state index < -0.39 is 0 Å². The Balaban J connectivity index is 1.74. The Kier molecular flexibility index (Phi) is 5.08. The van der Waals surface area contributed by atoms with Crippen molar-refractivity contribution in [3.63, 3.8) is 0 Å². The molecule has 1 aliphatic rings. The van der Waals surface area contributed by atoms with Crippen LogP contribution < -0.4 is 15.5 Å². The van der Waals surface area contributed by atoms with Gasteiger partial charge in [-0.2, -0.15) is 0 Å². The maximum atomic E-state index is 4.14. The average molecular weight is 326 g/mol. The first-order valence-electron chi connectivity index (χ1n) is 7.85. The van der Waals surface area contributed by atoms with Crippen molar-refractivity contribution in [1.29, 1.82) is 0 Å². The van der Waals surface area contributed by atoms with Gasteiger partial charge < -0.3 is 15.5 Å². The smallest absolute Gasteiger partial charge is 0.190 e. The number of hydrogen-bond acceptors (Lipinski definition) is 3. The fraction of sp³-hybridized carbons (Fsp3) is 0.278. The monoisotopic (exact) mass is 326 g/mol. The van der Waals surface area contributed by atoms with Gasteiger partial charge in [0, 0.05) is 37.0 Å². The second kappa shape index (κ2) is 7.42. The molecule has 0 bridgehead atoms. The summed E-state index contributed by atoms with van der Waals surface area (Å²) in [5.41, 5.74) is 2.60. The highest BCUT2D eigenvalue weighted by molar-refractivity contribution is 7.99. The molecule has 2 aromatic carbocycles. The van der Waals surface area contributed by atoms with E-state index in [1.807, 2.05) is 18.8 Å². The summed E-state index contributed by atoms with van der Waals surface area (Å²) in [6.45, 7) is 1.86. The molecule has 0 saturated carbocycles. The van der Waals surface area contributed by atoms with E-state index in [1.165, 1.54) is 21.2 Å². The summed E-state index contributed by atoms with van der Waals surface area (Å²) in [5.74, 6) is 0.833. The summed E-state index contributed by atoms with van der Waals surface area (Å²) >= 11 is 1.85. The Morgan fingerprint density at radius 1 is 1.04 bits per heavy atom. The summed E-state index contributed by atoms with van der Waals surface area (Å²) < 4.78 is 0. The van der Waals surface area contributed by atoms with E-state index in [0.717, 1.165) is 25.5 Å². The quantitative estimate of drug-likeness (QED) is 0.513. The number of fused-ring (bicyclic) bond motifs is 2. The van der Waals surface area contributed by atoms with Crippen LogP contribution in [0.3, 0.4) is 0 Å². The molecule has 0 unspecified atom stereocenters. The molecule has 2 N–H and O–H groups in total. The molecule has 0 atom stereocenters. The van der Waals surface area contributed by atoms with E-state index in [9.17, 15) is 0 Å². The average Bonchev–Trinajstić information content (AvgIpc) is 2.61. The summed E-state index contributed by atoms with van der Waals surface area (Å²) in [6.07, 6.45) is 1.04. The maximum Gasteiger partial charge on any atom is 0.190 e. The minimum atomic E-state index is 0.833. The lowest BCUT2D eigenvalue weighted by molar-refractivity contribution is 0.748. The molecular formula is C18H22N4S. The molecular weight excluding hydrogens is 304 g/mol. The molecule has 2 aromatic rings. The predicted octanol–water partition coefficient (Wildman–Crippen LogP) is 3.47. The molecule has 1 heterocycles. The molecule has 4 nitrogen and oxygen atoms in total. The van der Waals surface area contributed by atoms with Gasteiger partial charge in [0.1, 0.15) is 0 Å². The Morgan fingerprint density at radius 2 is 1.65 bits per heavy atom. The van der Waals surface area contributed by atoms with Gasteiger partial charge >= 0.3 is 0 Å². The lowest BCUT2D eigenvalue weighted by atomic mass is 10.2. The Bertz CT molecular complexity index is 653. The fourth-order valence-corrected chi connectivity index (χ4v) is 3.84. The highest BCUT2D eigenvalue weighted by Crippen LogP contribution is 2.47. The number of para-hydroxylation sites is 2. The Morgan fingerprint density at radius 3 is 2.22 bits per heavy atom. The first-order chi connectivity index (χ1) is 11.3. The molecule has 0 amide bonds. The minimum absolute atomic E-state index is 0.833. The normalized spacial score (nSPS) is 13.3. The van der Waals surface area contributed by atoms with E-state index in [2.05, 4.69) is 69.1 Å². The first-order valence-corrected chi connectivity index (χ1v) is 8.67. The Labute approximate surface area is 142 Å². The number of rotatable bonds is 4. The van der Waals surface area contributed by atoms with E-state index in [1.54, 1.807) is 7.05 Å². The van der Waals surface area contributed by atoms with Crippen LogP contribution in [0, 0.1) is 0 Å². The van der Waals surface area contributed by atoms with Gasteiger partial charge in [0.25, 0.3) is 0 Å². The molecule has 23 heavy (non-hydrogen) atoms. The van der Waals surface area contributed by atoms with Crippen molar-refractivity contribution in [2.75, 3.05) is 32.1 Å². The number of nitrogens with zero attached hydrogens (tertiary/aromatic N) is 2. The lowest BCUT2D eigenvalue weighted by Gasteiger charge is -2.32. The van der Waals surface area contributed by atoms with Gasteiger partial charge in [0.05, 0.1) is 11.4 Å². The highest BCUT2D eigenvalue weighted by atomic mass is 32.2. The van der Waals surface area contributed by atoms with Crippen LogP contribution in [0.15, 0.2) is 63.3 Å². The van der Waals surface area contributed by atoms with Crippen LogP contribution in [0.25, 0.3) is 0 Å². The first kappa shape index (κ1) is 15.7.